The molecule has 2 heterocycles. The van der Waals surface area contributed by atoms with E-state index in [1.165, 1.54) is 35.9 Å². The predicted molar refractivity (Wildman–Crippen MR) is 93.1 cm³/mol. The van der Waals surface area contributed by atoms with E-state index in [4.69, 9.17) is 0 Å². The molecule has 2 aromatic rings. The summed E-state index contributed by atoms with van der Waals surface area (Å²) in [5.41, 5.74) is 1.54. The van der Waals surface area contributed by atoms with Crippen molar-refractivity contribution in [3.05, 3.63) is 35.2 Å². The van der Waals surface area contributed by atoms with E-state index in [0.29, 0.717) is 6.04 Å². The van der Waals surface area contributed by atoms with E-state index in [-0.39, 0.29) is 0 Å². The number of fused-ring (bicyclic) bond motifs is 1. The fourth-order valence-corrected chi connectivity index (χ4v) is 4.65. The van der Waals surface area contributed by atoms with Crippen molar-refractivity contribution in [2.45, 2.75) is 32.2 Å². The molecule has 2 unspecified atom stereocenters. The van der Waals surface area contributed by atoms with Crippen LogP contribution in [-0.4, -0.2) is 31.6 Å². The molecular weight excluding hydrogens is 276 g/mol. The monoisotopic (exact) mass is 302 g/mol. The zero-order chi connectivity index (χ0) is 14.7. The van der Waals surface area contributed by atoms with Crippen molar-refractivity contribution in [1.82, 2.24) is 10.2 Å². The molecule has 1 aliphatic rings. The largest absolute Gasteiger partial charge is 0.316 e. The Morgan fingerprint density at radius 3 is 3.05 bits per heavy atom. The molecule has 1 N–H and O–H groups in total. The van der Waals surface area contributed by atoms with Crippen molar-refractivity contribution in [1.29, 1.82) is 0 Å². The molecule has 1 aromatic carbocycles. The maximum absolute atomic E-state index is 3.64. The molecule has 21 heavy (non-hydrogen) atoms. The average molecular weight is 302 g/mol. The second-order valence-electron chi connectivity index (χ2n) is 6.22. The Labute approximate surface area is 132 Å². The number of nitrogens with zero attached hydrogens (tertiary/aromatic N) is 1. The van der Waals surface area contributed by atoms with Crippen LogP contribution in [0.1, 0.15) is 37.8 Å². The molecule has 1 aromatic heterocycles. The van der Waals surface area contributed by atoms with Gasteiger partial charge >= 0.3 is 0 Å². The molecule has 0 bridgehead atoms. The van der Waals surface area contributed by atoms with Crippen molar-refractivity contribution in [2.75, 3.05) is 26.7 Å². The van der Waals surface area contributed by atoms with Crippen LogP contribution in [0.15, 0.2) is 29.6 Å². The van der Waals surface area contributed by atoms with Gasteiger partial charge in [0, 0.05) is 10.7 Å². The standard InChI is InChI=1S/C18H26N2S/c1-3-10-19-12-14-7-6-11-20(2)18(14)16-13-21-17-9-5-4-8-15(16)17/h4-5,8-9,13-14,18-19H,3,6-7,10-12H2,1-2H3. The molecule has 3 rings (SSSR count). The average Bonchev–Trinajstić information content (AvgIpc) is 2.92. The van der Waals surface area contributed by atoms with Gasteiger partial charge in [0.2, 0.25) is 0 Å². The lowest BCUT2D eigenvalue weighted by Crippen LogP contribution is -2.40. The molecule has 0 spiro atoms. The predicted octanol–water partition coefficient (Wildman–Crippen LogP) is 4.28. The first kappa shape index (κ1) is 15.0. The molecule has 0 saturated carbocycles. The minimum Gasteiger partial charge on any atom is -0.316 e. The van der Waals surface area contributed by atoms with Gasteiger partial charge in [0.1, 0.15) is 0 Å². The fourth-order valence-electron chi connectivity index (χ4n) is 3.66. The smallest absolute Gasteiger partial charge is 0.0399 e. The van der Waals surface area contributed by atoms with Crippen LogP contribution in [0.3, 0.4) is 0 Å². The summed E-state index contributed by atoms with van der Waals surface area (Å²) in [5, 5.41) is 7.49. The van der Waals surface area contributed by atoms with Crippen LogP contribution in [0.2, 0.25) is 0 Å². The lowest BCUT2D eigenvalue weighted by molar-refractivity contribution is 0.121. The molecule has 0 radical (unpaired) electrons. The number of hydrogen-bond acceptors (Lipinski definition) is 3. The molecule has 0 amide bonds. The number of rotatable bonds is 5. The van der Waals surface area contributed by atoms with Crippen LogP contribution in [-0.2, 0) is 0 Å². The summed E-state index contributed by atoms with van der Waals surface area (Å²) in [7, 11) is 2.29. The van der Waals surface area contributed by atoms with Crippen LogP contribution >= 0.6 is 11.3 Å². The van der Waals surface area contributed by atoms with Crippen LogP contribution in [0.25, 0.3) is 10.1 Å². The van der Waals surface area contributed by atoms with Gasteiger partial charge in [0.05, 0.1) is 0 Å². The molecule has 114 valence electrons. The summed E-state index contributed by atoms with van der Waals surface area (Å²) in [6.45, 7) is 5.74. The van der Waals surface area contributed by atoms with Gasteiger partial charge in [-0.2, -0.15) is 0 Å². The van der Waals surface area contributed by atoms with Gasteiger partial charge in [-0.1, -0.05) is 25.1 Å². The van der Waals surface area contributed by atoms with Gasteiger partial charge in [-0.25, -0.2) is 0 Å². The van der Waals surface area contributed by atoms with Crippen molar-refractivity contribution in [3.8, 4) is 0 Å². The molecule has 2 atom stereocenters. The first-order valence-electron chi connectivity index (χ1n) is 8.18. The van der Waals surface area contributed by atoms with Gasteiger partial charge in [0.25, 0.3) is 0 Å². The zero-order valence-electron chi connectivity index (χ0n) is 13.1. The van der Waals surface area contributed by atoms with E-state index in [1.807, 2.05) is 11.3 Å². The van der Waals surface area contributed by atoms with E-state index >= 15 is 0 Å². The van der Waals surface area contributed by atoms with Crippen molar-refractivity contribution >= 4 is 21.4 Å². The number of nitrogens with one attached hydrogen (secondary N) is 1. The van der Waals surface area contributed by atoms with Gasteiger partial charge in [0.15, 0.2) is 0 Å². The molecule has 3 heteroatoms. The highest BCUT2D eigenvalue weighted by molar-refractivity contribution is 7.17. The van der Waals surface area contributed by atoms with Crippen LogP contribution in [0.5, 0.6) is 0 Å². The van der Waals surface area contributed by atoms with Crippen molar-refractivity contribution < 1.29 is 0 Å². The zero-order valence-corrected chi connectivity index (χ0v) is 14.0. The summed E-state index contributed by atoms with van der Waals surface area (Å²) in [4.78, 5) is 2.57. The highest BCUT2D eigenvalue weighted by Crippen LogP contribution is 2.40. The molecule has 0 aliphatic carbocycles. The Balaban J connectivity index is 1.87. The van der Waals surface area contributed by atoms with Crippen LogP contribution < -0.4 is 5.32 Å². The van der Waals surface area contributed by atoms with E-state index < -0.39 is 0 Å². The normalized spacial score (nSPS) is 23.7. The Hall–Kier alpha value is -0.900. The third-order valence-electron chi connectivity index (χ3n) is 4.67. The third kappa shape index (κ3) is 3.15. The van der Waals surface area contributed by atoms with Crippen molar-refractivity contribution in [2.24, 2.45) is 5.92 Å². The van der Waals surface area contributed by atoms with Crippen molar-refractivity contribution in [3.63, 3.8) is 0 Å². The summed E-state index contributed by atoms with van der Waals surface area (Å²) in [6, 6.07) is 9.43. The maximum atomic E-state index is 3.64. The molecule has 1 aliphatic heterocycles. The molecular formula is C18H26N2S. The van der Waals surface area contributed by atoms with Gasteiger partial charge in [-0.15, -0.1) is 11.3 Å². The van der Waals surface area contributed by atoms with Gasteiger partial charge in [-0.05, 0) is 74.3 Å². The van der Waals surface area contributed by atoms with E-state index in [2.05, 4.69) is 53.8 Å². The summed E-state index contributed by atoms with van der Waals surface area (Å²) < 4.78 is 1.42. The Morgan fingerprint density at radius 2 is 2.19 bits per heavy atom. The minimum absolute atomic E-state index is 0.569. The van der Waals surface area contributed by atoms with E-state index in [1.54, 1.807) is 5.56 Å². The lowest BCUT2D eigenvalue weighted by atomic mass is 9.84. The lowest BCUT2D eigenvalue weighted by Gasteiger charge is -2.39. The van der Waals surface area contributed by atoms with E-state index in [9.17, 15) is 0 Å². The fraction of sp³-hybridized carbons (Fsp3) is 0.556. The first-order chi connectivity index (χ1) is 10.3. The second kappa shape index (κ2) is 6.91. The quantitative estimate of drug-likeness (QED) is 0.829. The summed E-state index contributed by atoms with van der Waals surface area (Å²) in [6.07, 6.45) is 3.89. The molecule has 1 fully saturated rings. The SMILES string of the molecule is CCCNCC1CCCN(C)C1c1csc2ccccc12. The first-order valence-corrected chi connectivity index (χ1v) is 9.06. The third-order valence-corrected chi connectivity index (χ3v) is 5.65. The minimum atomic E-state index is 0.569. The number of piperidine rings is 1. The summed E-state index contributed by atoms with van der Waals surface area (Å²) in [5.74, 6) is 0.730. The number of likely N-dealkylation sites (tertiary alicyclic amines) is 1. The van der Waals surface area contributed by atoms with Crippen LogP contribution in [0.4, 0.5) is 0 Å². The molecule has 2 nitrogen and oxygen atoms in total. The van der Waals surface area contributed by atoms with Crippen LogP contribution in [0, 0.1) is 5.92 Å². The van der Waals surface area contributed by atoms with Gasteiger partial charge < -0.3 is 5.32 Å². The van der Waals surface area contributed by atoms with E-state index in [0.717, 1.165) is 19.0 Å². The molecule has 1 saturated heterocycles. The second-order valence-corrected chi connectivity index (χ2v) is 7.13. The number of thiophene rings is 1. The van der Waals surface area contributed by atoms with Gasteiger partial charge in [-0.3, -0.25) is 4.90 Å². The topological polar surface area (TPSA) is 15.3 Å². The summed E-state index contributed by atoms with van der Waals surface area (Å²) >= 11 is 1.89. The highest BCUT2D eigenvalue weighted by Gasteiger charge is 2.31. The Kier molecular flexibility index (Phi) is 4.94. The maximum Gasteiger partial charge on any atom is 0.0399 e. The Bertz CT molecular complexity index is 577. The Morgan fingerprint density at radius 1 is 1.33 bits per heavy atom. The number of hydrogen-bond donors (Lipinski definition) is 1. The highest BCUT2D eigenvalue weighted by atomic mass is 32.1. The number of benzene rings is 1.